The Labute approximate surface area is 193 Å². The minimum absolute atomic E-state index is 0.127. The molecule has 5 nitrogen and oxygen atoms in total. The second-order valence-electron chi connectivity index (χ2n) is 8.40. The van der Waals surface area contributed by atoms with Crippen LogP contribution < -0.4 is 10.2 Å². The van der Waals surface area contributed by atoms with E-state index in [1.165, 1.54) is 5.56 Å². The zero-order valence-corrected chi connectivity index (χ0v) is 18.9. The van der Waals surface area contributed by atoms with Crippen molar-refractivity contribution < 1.29 is 9.59 Å². The Morgan fingerprint density at radius 3 is 2.16 bits per heavy atom. The Hall–Kier alpha value is -2.08. The lowest BCUT2D eigenvalue weighted by Gasteiger charge is -2.32. The predicted molar refractivity (Wildman–Crippen MR) is 124 cm³/mol. The highest BCUT2D eigenvalue weighted by molar-refractivity contribution is 6.30. The first-order chi connectivity index (χ1) is 15.0. The first-order valence-corrected chi connectivity index (χ1v) is 11.6. The number of amides is 2. The van der Waals surface area contributed by atoms with Crippen molar-refractivity contribution in [3.05, 3.63) is 64.1 Å². The number of piperidine rings is 1. The lowest BCUT2D eigenvalue weighted by atomic mass is 9.96. The van der Waals surface area contributed by atoms with E-state index < -0.39 is 5.92 Å². The van der Waals surface area contributed by atoms with Crippen molar-refractivity contribution in [2.45, 2.75) is 25.8 Å². The van der Waals surface area contributed by atoms with Crippen LogP contribution in [0, 0.1) is 11.8 Å². The summed E-state index contributed by atoms with van der Waals surface area (Å²) in [4.78, 5) is 29.5. The highest BCUT2D eigenvalue weighted by Gasteiger charge is 2.37. The van der Waals surface area contributed by atoms with E-state index in [2.05, 4.69) is 22.3 Å². The van der Waals surface area contributed by atoms with Gasteiger partial charge in [0, 0.05) is 35.4 Å². The largest absolute Gasteiger partial charge is 0.355 e. The number of carbonyl (C=O) groups is 2. The Kier molecular flexibility index (Phi) is 7.16. The van der Waals surface area contributed by atoms with Gasteiger partial charge < -0.3 is 10.2 Å². The summed E-state index contributed by atoms with van der Waals surface area (Å²) < 4.78 is 0. The minimum Gasteiger partial charge on any atom is -0.355 e. The van der Waals surface area contributed by atoms with Gasteiger partial charge in [-0.2, -0.15) is 0 Å². The van der Waals surface area contributed by atoms with Gasteiger partial charge in [0.25, 0.3) is 0 Å². The van der Waals surface area contributed by atoms with Gasteiger partial charge in [0.15, 0.2) is 0 Å². The third kappa shape index (κ3) is 5.59. The third-order valence-corrected chi connectivity index (χ3v) is 6.76. The molecule has 2 aliphatic rings. The summed E-state index contributed by atoms with van der Waals surface area (Å²) in [6.07, 6.45) is 2.64. The van der Waals surface area contributed by atoms with Crippen LogP contribution in [0.1, 0.15) is 24.8 Å². The van der Waals surface area contributed by atoms with Crippen LogP contribution in [0.5, 0.6) is 0 Å². The number of hydrogen-bond acceptors (Lipinski definition) is 3. The molecular weight excluding hydrogens is 433 g/mol. The topological polar surface area (TPSA) is 52.7 Å². The maximum Gasteiger partial charge on any atom is 0.239 e. The highest BCUT2D eigenvalue weighted by Crippen LogP contribution is 2.27. The molecule has 0 unspecified atom stereocenters. The van der Waals surface area contributed by atoms with Gasteiger partial charge in [0.1, 0.15) is 5.92 Å². The van der Waals surface area contributed by atoms with Crippen LogP contribution in [0.3, 0.4) is 0 Å². The van der Waals surface area contributed by atoms with Crippen molar-refractivity contribution in [1.82, 2.24) is 10.2 Å². The molecule has 0 aliphatic carbocycles. The van der Waals surface area contributed by atoms with Crippen LogP contribution in [-0.4, -0.2) is 42.9 Å². The standard InChI is InChI=1S/C24H27Cl2N3O2/c25-19-3-1-18(2-4-19)16-28-12-9-17(10-13-28)15-27-23(30)22-11-14-29(24(22)31)21-7-5-20(26)6-8-21/h1-8,17,22H,9-16H2,(H,27,30)/t22-/m0/s1. The number of likely N-dealkylation sites (tertiary alicyclic amines) is 1. The number of nitrogens with one attached hydrogen (secondary N) is 1. The molecule has 0 spiro atoms. The van der Waals surface area contributed by atoms with E-state index in [9.17, 15) is 9.59 Å². The zero-order valence-electron chi connectivity index (χ0n) is 17.4. The Morgan fingerprint density at radius 2 is 1.52 bits per heavy atom. The van der Waals surface area contributed by atoms with E-state index >= 15 is 0 Å². The van der Waals surface area contributed by atoms with Crippen LogP contribution in [0.4, 0.5) is 5.69 Å². The number of anilines is 1. The first kappa shape index (κ1) is 22.1. The molecule has 2 fully saturated rings. The van der Waals surface area contributed by atoms with Crippen molar-refractivity contribution in [3.8, 4) is 0 Å². The van der Waals surface area contributed by atoms with Gasteiger partial charge in [-0.15, -0.1) is 0 Å². The Balaban J connectivity index is 1.21. The quantitative estimate of drug-likeness (QED) is 0.652. The van der Waals surface area contributed by atoms with E-state index in [4.69, 9.17) is 23.2 Å². The van der Waals surface area contributed by atoms with Gasteiger partial charge in [-0.25, -0.2) is 0 Å². The molecule has 164 valence electrons. The molecule has 1 atom stereocenters. The highest BCUT2D eigenvalue weighted by atomic mass is 35.5. The number of halogens is 2. The van der Waals surface area contributed by atoms with E-state index in [1.807, 2.05) is 24.3 Å². The van der Waals surface area contributed by atoms with Crippen LogP contribution in [0.25, 0.3) is 0 Å². The summed E-state index contributed by atoms with van der Waals surface area (Å²) in [6, 6.07) is 15.2. The van der Waals surface area contributed by atoms with Crippen LogP contribution in [0.2, 0.25) is 10.0 Å². The molecule has 7 heteroatoms. The Morgan fingerprint density at radius 1 is 0.903 bits per heavy atom. The molecule has 0 radical (unpaired) electrons. The summed E-state index contributed by atoms with van der Waals surface area (Å²) in [5.41, 5.74) is 2.05. The molecule has 0 aromatic heterocycles. The normalized spacial score (nSPS) is 20.3. The Bertz CT molecular complexity index is 909. The molecule has 0 saturated carbocycles. The summed E-state index contributed by atoms with van der Waals surface area (Å²) in [5, 5.41) is 4.42. The smallest absolute Gasteiger partial charge is 0.239 e. The van der Waals surface area contributed by atoms with Crippen LogP contribution in [-0.2, 0) is 16.1 Å². The lowest BCUT2D eigenvalue weighted by molar-refractivity contribution is -0.132. The van der Waals surface area contributed by atoms with Crippen LogP contribution >= 0.6 is 23.2 Å². The molecule has 2 aliphatic heterocycles. The number of hydrogen-bond donors (Lipinski definition) is 1. The molecule has 0 bridgehead atoms. The molecule has 2 amide bonds. The van der Waals surface area contributed by atoms with Crippen molar-refractivity contribution >= 4 is 40.7 Å². The van der Waals surface area contributed by atoms with Crippen molar-refractivity contribution in [3.63, 3.8) is 0 Å². The summed E-state index contributed by atoms with van der Waals surface area (Å²) in [6.45, 7) is 4.14. The fourth-order valence-corrected chi connectivity index (χ4v) is 4.62. The molecular formula is C24H27Cl2N3O2. The minimum atomic E-state index is -0.597. The predicted octanol–water partition coefficient (Wildman–Crippen LogP) is 4.37. The molecule has 31 heavy (non-hydrogen) atoms. The van der Waals surface area contributed by atoms with Gasteiger partial charge in [-0.05, 0) is 80.2 Å². The second-order valence-corrected chi connectivity index (χ2v) is 9.27. The fraction of sp³-hybridized carbons (Fsp3) is 0.417. The summed E-state index contributed by atoms with van der Waals surface area (Å²) >= 11 is 11.9. The van der Waals surface area contributed by atoms with Crippen molar-refractivity contribution in [2.75, 3.05) is 31.1 Å². The van der Waals surface area contributed by atoms with Gasteiger partial charge >= 0.3 is 0 Å². The van der Waals surface area contributed by atoms with Gasteiger partial charge in [0.05, 0.1) is 0 Å². The number of carbonyl (C=O) groups excluding carboxylic acids is 2. The van der Waals surface area contributed by atoms with Gasteiger partial charge in [-0.1, -0.05) is 35.3 Å². The third-order valence-electron chi connectivity index (χ3n) is 6.25. The SMILES string of the molecule is O=C(NCC1CCN(Cc2ccc(Cl)cc2)CC1)[C@@H]1CCN(c2ccc(Cl)cc2)C1=O. The van der Waals surface area contributed by atoms with E-state index in [0.29, 0.717) is 30.5 Å². The number of rotatable bonds is 6. The first-order valence-electron chi connectivity index (χ1n) is 10.8. The maximum atomic E-state index is 12.7. The molecule has 2 aromatic rings. The summed E-state index contributed by atoms with van der Waals surface area (Å²) in [5.74, 6) is -0.419. The van der Waals surface area contributed by atoms with Crippen LogP contribution in [0.15, 0.2) is 48.5 Å². The zero-order chi connectivity index (χ0) is 21.8. The number of benzene rings is 2. The van der Waals surface area contributed by atoms with E-state index in [0.717, 1.165) is 43.2 Å². The second kappa shape index (κ2) is 10.0. The average Bonchev–Trinajstić information content (AvgIpc) is 3.16. The van der Waals surface area contributed by atoms with E-state index in [-0.39, 0.29) is 11.8 Å². The van der Waals surface area contributed by atoms with Gasteiger partial charge in [0.2, 0.25) is 11.8 Å². The number of nitrogens with zero attached hydrogens (tertiary/aromatic N) is 2. The average molecular weight is 460 g/mol. The van der Waals surface area contributed by atoms with Crippen molar-refractivity contribution in [1.29, 1.82) is 0 Å². The van der Waals surface area contributed by atoms with E-state index in [1.54, 1.807) is 17.0 Å². The molecule has 2 saturated heterocycles. The van der Waals surface area contributed by atoms with Crippen molar-refractivity contribution in [2.24, 2.45) is 11.8 Å². The fourth-order valence-electron chi connectivity index (χ4n) is 4.37. The lowest BCUT2D eigenvalue weighted by Crippen LogP contribution is -2.41. The van der Waals surface area contributed by atoms with Gasteiger partial charge in [-0.3, -0.25) is 14.5 Å². The molecule has 2 aromatic carbocycles. The monoisotopic (exact) mass is 459 g/mol. The molecule has 4 rings (SSSR count). The summed E-state index contributed by atoms with van der Waals surface area (Å²) in [7, 11) is 0. The molecule has 2 heterocycles. The maximum absolute atomic E-state index is 12.7. The molecule has 1 N–H and O–H groups in total.